The molecule has 4 heteroatoms. The number of Topliss-reactive ketones (excluding diaryl/α,β-unsaturated/α-hetero) is 1. The SMILES string of the molecule is COc1cc(O)c(C(C)=O)c(OC)c1CC=C(C)C. The molecule has 1 rings (SSSR count). The second-order valence-corrected chi connectivity index (χ2v) is 4.53. The number of carbonyl (C=O) groups is 1. The highest BCUT2D eigenvalue weighted by molar-refractivity contribution is 6.00. The summed E-state index contributed by atoms with van der Waals surface area (Å²) in [5.41, 5.74) is 2.11. The van der Waals surface area contributed by atoms with Gasteiger partial charge in [-0.05, 0) is 27.2 Å². The lowest BCUT2D eigenvalue weighted by Crippen LogP contribution is -2.04. The van der Waals surface area contributed by atoms with E-state index in [4.69, 9.17) is 9.47 Å². The molecule has 1 aromatic rings. The molecule has 0 radical (unpaired) electrons. The molecule has 0 heterocycles. The Bertz CT molecular complexity index is 511. The van der Waals surface area contributed by atoms with Crippen molar-refractivity contribution >= 4 is 5.78 Å². The summed E-state index contributed by atoms with van der Waals surface area (Å²) >= 11 is 0. The molecule has 1 aromatic carbocycles. The summed E-state index contributed by atoms with van der Waals surface area (Å²) in [6.45, 7) is 5.38. The first-order valence-corrected chi connectivity index (χ1v) is 6.03. The molecule has 0 amide bonds. The Morgan fingerprint density at radius 3 is 2.32 bits per heavy atom. The number of methoxy groups -OCH3 is 2. The van der Waals surface area contributed by atoms with Gasteiger partial charge >= 0.3 is 0 Å². The summed E-state index contributed by atoms with van der Waals surface area (Å²) in [5.74, 6) is 0.524. The number of aromatic hydroxyl groups is 1. The van der Waals surface area contributed by atoms with Gasteiger partial charge in [-0.15, -0.1) is 0 Å². The summed E-state index contributed by atoms with van der Waals surface area (Å²) < 4.78 is 10.6. The van der Waals surface area contributed by atoms with E-state index >= 15 is 0 Å². The minimum absolute atomic E-state index is 0.123. The Hall–Kier alpha value is -1.97. The van der Waals surface area contributed by atoms with Crippen LogP contribution >= 0.6 is 0 Å². The predicted octanol–water partition coefficient (Wildman–Crippen LogP) is 3.12. The van der Waals surface area contributed by atoms with Crippen LogP contribution < -0.4 is 9.47 Å². The maximum Gasteiger partial charge on any atom is 0.167 e. The van der Waals surface area contributed by atoms with Crippen LogP contribution in [0.2, 0.25) is 0 Å². The molecule has 0 unspecified atom stereocenters. The molecule has 19 heavy (non-hydrogen) atoms. The lowest BCUT2D eigenvalue weighted by molar-refractivity contribution is 0.101. The van der Waals surface area contributed by atoms with Crippen LogP contribution in [0, 0.1) is 0 Å². The average molecular weight is 264 g/mol. The Labute approximate surface area is 113 Å². The third kappa shape index (κ3) is 3.28. The summed E-state index contributed by atoms with van der Waals surface area (Å²) in [7, 11) is 3.00. The van der Waals surface area contributed by atoms with Gasteiger partial charge < -0.3 is 14.6 Å². The van der Waals surface area contributed by atoms with E-state index in [1.165, 1.54) is 27.2 Å². The fourth-order valence-corrected chi connectivity index (χ4v) is 1.91. The van der Waals surface area contributed by atoms with Crippen molar-refractivity contribution in [3.05, 3.63) is 28.8 Å². The van der Waals surface area contributed by atoms with Crippen LogP contribution in [0.5, 0.6) is 17.2 Å². The van der Waals surface area contributed by atoms with E-state index < -0.39 is 0 Å². The molecule has 0 aliphatic carbocycles. The van der Waals surface area contributed by atoms with Gasteiger partial charge in [0.1, 0.15) is 22.8 Å². The van der Waals surface area contributed by atoms with Gasteiger partial charge in [0.15, 0.2) is 5.78 Å². The monoisotopic (exact) mass is 264 g/mol. The quantitative estimate of drug-likeness (QED) is 0.655. The van der Waals surface area contributed by atoms with Gasteiger partial charge in [-0.3, -0.25) is 4.79 Å². The van der Waals surface area contributed by atoms with Gasteiger partial charge in [-0.25, -0.2) is 0 Å². The van der Waals surface area contributed by atoms with Crippen molar-refractivity contribution in [1.29, 1.82) is 0 Å². The largest absolute Gasteiger partial charge is 0.507 e. The second kappa shape index (κ2) is 6.27. The summed E-state index contributed by atoms with van der Waals surface area (Å²) in [4.78, 5) is 11.6. The van der Waals surface area contributed by atoms with Crippen molar-refractivity contribution in [3.63, 3.8) is 0 Å². The van der Waals surface area contributed by atoms with Gasteiger partial charge in [-0.1, -0.05) is 11.6 Å². The van der Waals surface area contributed by atoms with Crippen LogP contribution in [0.3, 0.4) is 0 Å². The topological polar surface area (TPSA) is 55.8 Å². The first kappa shape index (κ1) is 15.1. The first-order chi connectivity index (χ1) is 8.92. The van der Waals surface area contributed by atoms with Gasteiger partial charge in [-0.2, -0.15) is 0 Å². The number of phenolic OH excluding ortho intramolecular Hbond substituents is 1. The third-order valence-corrected chi connectivity index (χ3v) is 2.81. The Morgan fingerprint density at radius 2 is 1.89 bits per heavy atom. The zero-order valence-corrected chi connectivity index (χ0v) is 12.0. The third-order valence-electron chi connectivity index (χ3n) is 2.81. The number of phenols is 1. The highest BCUT2D eigenvalue weighted by atomic mass is 16.5. The summed E-state index contributed by atoms with van der Waals surface area (Å²) in [6, 6.07) is 1.45. The van der Waals surface area contributed by atoms with Crippen molar-refractivity contribution in [3.8, 4) is 17.2 Å². The number of benzene rings is 1. The molecule has 0 bridgehead atoms. The Morgan fingerprint density at radius 1 is 1.26 bits per heavy atom. The zero-order chi connectivity index (χ0) is 14.6. The molecule has 0 saturated heterocycles. The molecule has 0 aromatic heterocycles. The second-order valence-electron chi connectivity index (χ2n) is 4.53. The molecule has 104 valence electrons. The van der Waals surface area contributed by atoms with Crippen molar-refractivity contribution in [1.82, 2.24) is 0 Å². The maximum absolute atomic E-state index is 11.6. The van der Waals surface area contributed by atoms with Crippen LogP contribution in [0.1, 0.15) is 36.7 Å². The number of ketones is 1. The smallest absolute Gasteiger partial charge is 0.167 e. The predicted molar refractivity (Wildman–Crippen MR) is 74.4 cm³/mol. The van der Waals surface area contributed by atoms with E-state index in [1.54, 1.807) is 0 Å². The van der Waals surface area contributed by atoms with Gasteiger partial charge in [0.05, 0.1) is 14.2 Å². The van der Waals surface area contributed by atoms with Crippen LogP contribution in [-0.4, -0.2) is 25.1 Å². The van der Waals surface area contributed by atoms with Crippen molar-refractivity contribution in [2.45, 2.75) is 27.2 Å². The number of carbonyl (C=O) groups excluding carboxylic acids is 1. The molecule has 0 spiro atoms. The molecule has 0 saturated carbocycles. The number of allylic oxidation sites excluding steroid dienone is 2. The standard InChI is InChI=1S/C15H20O4/c1-9(2)6-7-11-13(18-4)8-12(17)14(10(3)16)15(11)19-5/h6,8,17H,7H2,1-5H3. The minimum atomic E-state index is -0.240. The molecule has 0 fully saturated rings. The number of hydrogen-bond acceptors (Lipinski definition) is 4. The number of ether oxygens (including phenoxy) is 2. The van der Waals surface area contributed by atoms with Crippen LogP contribution in [0.25, 0.3) is 0 Å². The fraction of sp³-hybridized carbons (Fsp3) is 0.400. The summed E-state index contributed by atoms with van der Waals surface area (Å²) in [6.07, 6.45) is 2.59. The molecule has 0 atom stereocenters. The van der Waals surface area contributed by atoms with Crippen molar-refractivity contribution in [2.24, 2.45) is 0 Å². The summed E-state index contributed by atoms with van der Waals surface area (Å²) in [5, 5.41) is 9.91. The zero-order valence-electron chi connectivity index (χ0n) is 12.0. The van der Waals surface area contributed by atoms with Gasteiger partial charge in [0.2, 0.25) is 0 Å². The highest BCUT2D eigenvalue weighted by Crippen LogP contribution is 2.39. The molecule has 0 aliphatic rings. The lowest BCUT2D eigenvalue weighted by Gasteiger charge is -2.16. The van der Waals surface area contributed by atoms with E-state index in [0.717, 1.165) is 11.1 Å². The molecule has 4 nitrogen and oxygen atoms in total. The van der Waals surface area contributed by atoms with Crippen molar-refractivity contribution in [2.75, 3.05) is 14.2 Å². The number of hydrogen-bond donors (Lipinski definition) is 1. The first-order valence-electron chi connectivity index (χ1n) is 6.03. The van der Waals surface area contributed by atoms with E-state index in [1.807, 2.05) is 19.9 Å². The number of rotatable bonds is 5. The van der Waals surface area contributed by atoms with Crippen LogP contribution in [0.4, 0.5) is 0 Å². The van der Waals surface area contributed by atoms with Crippen molar-refractivity contribution < 1.29 is 19.4 Å². The van der Waals surface area contributed by atoms with Gasteiger partial charge in [0, 0.05) is 11.6 Å². The van der Waals surface area contributed by atoms with Crippen LogP contribution in [-0.2, 0) is 6.42 Å². The van der Waals surface area contributed by atoms with E-state index in [2.05, 4.69) is 0 Å². The Balaban J connectivity index is 3.51. The Kier molecular flexibility index (Phi) is 4.98. The van der Waals surface area contributed by atoms with E-state index in [-0.39, 0.29) is 17.1 Å². The van der Waals surface area contributed by atoms with Crippen LogP contribution in [0.15, 0.2) is 17.7 Å². The lowest BCUT2D eigenvalue weighted by atomic mass is 10.00. The fourth-order valence-electron chi connectivity index (χ4n) is 1.91. The van der Waals surface area contributed by atoms with E-state index in [0.29, 0.717) is 17.9 Å². The minimum Gasteiger partial charge on any atom is -0.507 e. The normalized spacial score (nSPS) is 9.95. The molecular weight excluding hydrogens is 244 g/mol. The maximum atomic E-state index is 11.6. The molecule has 1 N–H and O–H groups in total. The molecule has 0 aliphatic heterocycles. The molecular formula is C15H20O4. The van der Waals surface area contributed by atoms with Gasteiger partial charge in [0.25, 0.3) is 0 Å². The average Bonchev–Trinajstić information content (AvgIpc) is 2.34. The highest BCUT2D eigenvalue weighted by Gasteiger charge is 2.21. The van der Waals surface area contributed by atoms with E-state index in [9.17, 15) is 9.90 Å².